The number of fused-ring (bicyclic) bond motifs is 3. The maximum Gasteiger partial charge on any atom is 0.344 e. The number of ether oxygens (including phenoxy) is 1. The second kappa shape index (κ2) is 10.2. The molecule has 6 rings (SSSR count). The second-order valence-corrected chi connectivity index (χ2v) is 9.82. The average molecular weight is 566 g/mol. The van der Waals surface area contributed by atoms with E-state index in [1.807, 2.05) is 4.90 Å². The van der Waals surface area contributed by atoms with Crippen molar-refractivity contribution in [2.24, 2.45) is 7.05 Å². The molecule has 0 bridgehead atoms. The molecule has 0 radical (unpaired) electrons. The van der Waals surface area contributed by atoms with E-state index in [0.717, 1.165) is 0 Å². The summed E-state index contributed by atoms with van der Waals surface area (Å²) in [5.74, 6) is -0.530. The fourth-order valence-electron chi connectivity index (χ4n) is 5.03. The van der Waals surface area contributed by atoms with Crippen molar-refractivity contribution in [3.8, 4) is 17.3 Å². The van der Waals surface area contributed by atoms with Crippen molar-refractivity contribution in [3.05, 3.63) is 52.9 Å². The number of nitrogen functional groups attached to an aromatic ring is 1. The van der Waals surface area contributed by atoms with Gasteiger partial charge in [0.05, 0.1) is 12.0 Å². The minimum absolute atomic E-state index is 0.0987. The van der Waals surface area contributed by atoms with E-state index in [-0.39, 0.29) is 17.4 Å². The van der Waals surface area contributed by atoms with Crippen LogP contribution >= 0.6 is 0 Å². The van der Waals surface area contributed by atoms with Gasteiger partial charge in [-0.1, -0.05) is 0 Å². The first-order valence-corrected chi connectivity index (χ1v) is 13.0. The number of aliphatic carboxylic acids is 1. The Bertz CT molecular complexity index is 1800. The number of carboxylic acids is 1. The Morgan fingerprint density at radius 1 is 1.17 bits per heavy atom. The molecule has 0 amide bonds. The van der Waals surface area contributed by atoms with E-state index < -0.39 is 17.9 Å². The number of anilines is 2. The smallest absolute Gasteiger partial charge is 0.344 e. The van der Waals surface area contributed by atoms with Crippen LogP contribution in [0.3, 0.4) is 0 Å². The van der Waals surface area contributed by atoms with Crippen LogP contribution in [-0.4, -0.2) is 83.5 Å². The highest BCUT2D eigenvalue weighted by Gasteiger charge is 2.24. The van der Waals surface area contributed by atoms with Gasteiger partial charge in [0.25, 0.3) is 0 Å². The Hall–Kier alpha value is -4.92. The number of benzene rings is 1. The molecule has 4 aromatic heterocycles. The molecule has 0 aliphatic carbocycles. The molecule has 1 aliphatic heterocycles. The number of nitrogens with zero attached hydrogens (tertiary/aromatic N) is 8. The SMILES string of the molecule is C[C@H](Oc1ccc(N2CCN(CCn3c(=O)n(C)c4c3nc(N)n3nc(-c5ccco5)nc43)CC2)c(F)c1)C(=O)O. The minimum atomic E-state index is -1.12. The summed E-state index contributed by atoms with van der Waals surface area (Å²) in [6.45, 7) is 4.81. The number of carbonyl (C=O) groups is 1. The molecule has 214 valence electrons. The van der Waals surface area contributed by atoms with E-state index in [1.165, 1.54) is 28.3 Å². The topological polar surface area (TPSA) is 162 Å². The standard InChI is InChI=1S/C26H28FN9O5/c1-15(24(37)38)41-16-5-6-18(17(27)14-16)34-10-7-33(8-11-34)9-12-35-22-20(32(2)26(35)39)23-29-21(19-4-3-13-40-19)31-36(23)25(28)30-22/h3-6,13-15H,7-12H2,1-2H3,(H2,28,30)(H,37,38)/t15-/m0/s1. The van der Waals surface area contributed by atoms with Crippen molar-refractivity contribution in [2.75, 3.05) is 43.4 Å². The van der Waals surface area contributed by atoms with Crippen LogP contribution in [0.5, 0.6) is 5.75 Å². The zero-order valence-corrected chi connectivity index (χ0v) is 22.4. The lowest BCUT2D eigenvalue weighted by atomic mass is 10.2. The van der Waals surface area contributed by atoms with Crippen LogP contribution in [0, 0.1) is 5.82 Å². The van der Waals surface area contributed by atoms with Gasteiger partial charge in [0.1, 0.15) is 17.1 Å². The van der Waals surface area contributed by atoms with Crippen LogP contribution in [0.1, 0.15) is 6.92 Å². The summed E-state index contributed by atoms with van der Waals surface area (Å²) in [6, 6.07) is 7.84. The largest absolute Gasteiger partial charge is 0.479 e. The second-order valence-electron chi connectivity index (χ2n) is 9.82. The quantitative estimate of drug-likeness (QED) is 0.280. The van der Waals surface area contributed by atoms with Crippen molar-refractivity contribution in [1.29, 1.82) is 0 Å². The van der Waals surface area contributed by atoms with Crippen LogP contribution in [-0.2, 0) is 18.4 Å². The summed E-state index contributed by atoms with van der Waals surface area (Å²) >= 11 is 0. The zero-order valence-electron chi connectivity index (χ0n) is 22.4. The summed E-state index contributed by atoms with van der Waals surface area (Å²) in [6.07, 6.45) is 0.447. The molecule has 41 heavy (non-hydrogen) atoms. The van der Waals surface area contributed by atoms with E-state index >= 15 is 0 Å². The summed E-state index contributed by atoms with van der Waals surface area (Å²) in [7, 11) is 1.66. The van der Waals surface area contributed by atoms with Gasteiger partial charge in [0, 0.05) is 52.4 Å². The zero-order chi connectivity index (χ0) is 28.8. The third-order valence-electron chi connectivity index (χ3n) is 7.25. The monoisotopic (exact) mass is 565 g/mol. The van der Waals surface area contributed by atoms with Crippen molar-refractivity contribution in [1.82, 2.24) is 33.6 Å². The summed E-state index contributed by atoms with van der Waals surface area (Å²) in [5.41, 5.74) is 7.71. The molecule has 0 spiro atoms. The molecule has 1 fully saturated rings. The Balaban J connectivity index is 1.16. The Morgan fingerprint density at radius 2 is 1.95 bits per heavy atom. The third kappa shape index (κ3) is 4.73. The summed E-state index contributed by atoms with van der Waals surface area (Å²) in [5, 5.41) is 13.4. The lowest BCUT2D eigenvalue weighted by Gasteiger charge is -2.36. The first kappa shape index (κ1) is 26.3. The van der Waals surface area contributed by atoms with Crippen molar-refractivity contribution >= 4 is 34.4 Å². The molecule has 1 aromatic carbocycles. The molecule has 3 N–H and O–H groups in total. The number of hydrogen-bond donors (Lipinski definition) is 2. The van der Waals surface area contributed by atoms with Crippen LogP contribution in [0.25, 0.3) is 28.4 Å². The Labute approximate surface area is 232 Å². The minimum Gasteiger partial charge on any atom is -0.479 e. The average Bonchev–Trinajstić information content (AvgIpc) is 3.68. The number of piperazine rings is 1. The number of aromatic nitrogens is 6. The molecule has 1 aliphatic rings. The van der Waals surface area contributed by atoms with Gasteiger partial charge in [-0.25, -0.2) is 19.0 Å². The molecule has 1 saturated heterocycles. The van der Waals surface area contributed by atoms with Crippen LogP contribution < -0.4 is 21.1 Å². The van der Waals surface area contributed by atoms with E-state index in [9.17, 15) is 14.0 Å². The van der Waals surface area contributed by atoms with Gasteiger partial charge in [0.2, 0.25) is 11.8 Å². The lowest BCUT2D eigenvalue weighted by Crippen LogP contribution is -2.47. The van der Waals surface area contributed by atoms with Gasteiger partial charge in [-0.2, -0.15) is 9.50 Å². The summed E-state index contributed by atoms with van der Waals surface area (Å²) < 4.78 is 29.9. The maximum atomic E-state index is 14.8. The van der Waals surface area contributed by atoms with Gasteiger partial charge in [-0.3, -0.25) is 14.0 Å². The number of carboxylic acid groups (broad SMARTS) is 1. The third-order valence-corrected chi connectivity index (χ3v) is 7.25. The van der Waals surface area contributed by atoms with E-state index in [1.54, 1.807) is 35.9 Å². The van der Waals surface area contributed by atoms with Crippen LogP contribution in [0.2, 0.25) is 0 Å². The predicted molar refractivity (Wildman–Crippen MR) is 146 cm³/mol. The number of rotatable bonds is 8. The molecule has 5 aromatic rings. The number of imidazole rings is 1. The first-order valence-electron chi connectivity index (χ1n) is 13.0. The highest BCUT2D eigenvalue weighted by atomic mass is 19.1. The van der Waals surface area contributed by atoms with Gasteiger partial charge in [-0.15, -0.1) is 5.10 Å². The highest BCUT2D eigenvalue weighted by molar-refractivity contribution is 5.88. The maximum absolute atomic E-state index is 14.8. The number of hydrogen-bond acceptors (Lipinski definition) is 10. The molecule has 15 heteroatoms. The number of nitrogens with two attached hydrogens (primary N) is 1. The lowest BCUT2D eigenvalue weighted by molar-refractivity contribution is -0.144. The normalized spacial score (nSPS) is 15.1. The molecule has 0 unspecified atom stereocenters. The fraction of sp³-hybridized carbons (Fsp3) is 0.346. The van der Waals surface area contributed by atoms with Crippen molar-refractivity contribution < 1.29 is 23.4 Å². The fourth-order valence-corrected chi connectivity index (χ4v) is 5.03. The van der Waals surface area contributed by atoms with E-state index in [4.69, 9.17) is 20.0 Å². The predicted octanol–water partition coefficient (Wildman–Crippen LogP) is 1.43. The molecular formula is C26H28FN9O5. The van der Waals surface area contributed by atoms with Crippen LogP contribution in [0.15, 0.2) is 45.8 Å². The van der Waals surface area contributed by atoms with Crippen molar-refractivity contribution in [2.45, 2.75) is 19.6 Å². The Kier molecular flexibility index (Phi) is 6.57. The van der Waals surface area contributed by atoms with E-state index in [2.05, 4.69) is 20.0 Å². The first-order chi connectivity index (χ1) is 19.7. The summed E-state index contributed by atoms with van der Waals surface area (Å²) in [4.78, 5) is 37.4. The van der Waals surface area contributed by atoms with E-state index in [0.29, 0.717) is 73.4 Å². The number of aryl methyl sites for hydroxylation is 1. The van der Waals surface area contributed by atoms with Gasteiger partial charge < -0.3 is 24.9 Å². The van der Waals surface area contributed by atoms with Gasteiger partial charge in [-0.05, 0) is 31.2 Å². The Morgan fingerprint density at radius 3 is 2.63 bits per heavy atom. The van der Waals surface area contributed by atoms with Crippen LogP contribution in [0.4, 0.5) is 16.0 Å². The molecule has 5 heterocycles. The van der Waals surface area contributed by atoms with Gasteiger partial charge in [0.15, 0.2) is 23.2 Å². The highest BCUT2D eigenvalue weighted by Crippen LogP contribution is 2.26. The number of furan rings is 1. The van der Waals surface area contributed by atoms with Gasteiger partial charge >= 0.3 is 11.7 Å². The molecular weight excluding hydrogens is 537 g/mol. The molecule has 0 saturated carbocycles. The number of halogens is 1. The van der Waals surface area contributed by atoms with Crippen molar-refractivity contribution in [3.63, 3.8) is 0 Å². The molecule has 1 atom stereocenters. The molecule has 14 nitrogen and oxygen atoms in total.